The molecule has 2 aromatic carbocycles. The molecule has 16 heteroatoms. The van der Waals surface area contributed by atoms with Crippen LogP contribution in [0.15, 0.2) is 71.9 Å². The summed E-state index contributed by atoms with van der Waals surface area (Å²) in [4.78, 5) is 57.4. The molecule has 0 radical (unpaired) electrons. The number of hydrogen-bond donors (Lipinski definition) is 2. The van der Waals surface area contributed by atoms with Crippen molar-refractivity contribution in [3.8, 4) is 0 Å². The number of para-hydroxylation sites is 1. The van der Waals surface area contributed by atoms with Crippen LogP contribution < -0.4 is 15.9 Å². The van der Waals surface area contributed by atoms with Gasteiger partial charge >= 0.3 is 18.0 Å². The van der Waals surface area contributed by atoms with Gasteiger partial charge in [-0.2, -0.15) is 13.2 Å². The Morgan fingerprint density at radius 3 is 2.42 bits per heavy atom. The van der Waals surface area contributed by atoms with Crippen LogP contribution in [0.3, 0.4) is 0 Å². The Morgan fingerprint density at radius 1 is 1.02 bits per heavy atom. The van der Waals surface area contributed by atoms with Crippen LogP contribution in [0.25, 0.3) is 21.9 Å². The molecule has 272 valence electrons. The smallest absolute Gasteiger partial charge is 0.418 e. The fraction of sp³-hybridized carbons (Fsp3) is 0.361. The Bertz CT molecular complexity index is 2160. The maximum absolute atomic E-state index is 14.0. The second-order valence-corrected chi connectivity index (χ2v) is 13.3. The van der Waals surface area contributed by atoms with Crippen LogP contribution in [0, 0.1) is 0 Å². The van der Waals surface area contributed by atoms with Gasteiger partial charge in [0.05, 0.1) is 39.0 Å². The highest BCUT2D eigenvalue weighted by atomic mass is 35.5. The Labute approximate surface area is 301 Å². The molecule has 52 heavy (non-hydrogen) atoms. The summed E-state index contributed by atoms with van der Waals surface area (Å²) in [6, 6.07) is 13.3. The van der Waals surface area contributed by atoms with Gasteiger partial charge in [0.2, 0.25) is 0 Å². The summed E-state index contributed by atoms with van der Waals surface area (Å²) >= 11 is 6.27. The molecule has 0 saturated carbocycles. The molecule has 0 bridgehead atoms. The molecule has 2 amide bonds. The number of halogens is 4. The maximum Gasteiger partial charge on any atom is 0.418 e. The van der Waals surface area contributed by atoms with E-state index in [1.54, 1.807) is 28.1 Å². The van der Waals surface area contributed by atoms with E-state index in [1.165, 1.54) is 18.0 Å². The van der Waals surface area contributed by atoms with Crippen LogP contribution in [0.5, 0.6) is 0 Å². The largest absolute Gasteiger partial charge is 0.436 e. The molecule has 7 rings (SSSR count). The highest BCUT2D eigenvalue weighted by Gasteiger charge is 2.37. The van der Waals surface area contributed by atoms with Gasteiger partial charge in [-0.25, -0.2) is 9.59 Å². The van der Waals surface area contributed by atoms with Crippen molar-refractivity contribution < 1.29 is 27.5 Å². The number of nitrogens with zero attached hydrogens (tertiary/aromatic N) is 6. The Balaban J connectivity index is 1.09. The third-order valence-electron chi connectivity index (χ3n) is 9.82. The lowest BCUT2D eigenvalue weighted by molar-refractivity contribution is -0.141. The first kappa shape index (κ1) is 35.1. The van der Waals surface area contributed by atoms with Gasteiger partial charge in [-0.15, -0.1) is 0 Å². The van der Waals surface area contributed by atoms with Crippen molar-refractivity contribution in [2.45, 2.75) is 37.6 Å². The number of likely N-dealkylation sites (tertiary alicyclic amines) is 1. The van der Waals surface area contributed by atoms with Crippen LogP contribution in [0.4, 0.5) is 29.3 Å². The Morgan fingerprint density at radius 2 is 1.73 bits per heavy atom. The first-order valence-corrected chi connectivity index (χ1v) is 17.3. The lowest BCUT2D eigenvalue weighted by atomic mass is 10.0. The molecule has 2 saturated heterocycles. The number of fused-ring (bicyclic) bond motifs is 3. The molecule has 0 unspecified atom stereocenters. The SMILES string of the molecule is CNc1c(Cl)cc(C[C@@H](OC(=O)N2CCC(n3c(=O)[nH]c4c5ccccc5ncc43)CC2)C(=O)N2CCN(c3ccncc3)CC2)cc1C(F)(F)F. The monoisotopic (exact) mass is 736 g/mol. The molecular weight excluding hydrogens is 701 g/mol. The highest BCUT2D eigenvalue weighted by Crippen LogP contribution is 2.40. The maximum atomic E-state index is 14.0. The predicted molar refractivity (Wildman–Crippen MR) is 191 cm³/mol. The number of imidazole rings is 1. The number of amides is 2. The van der Waals surface area contributed by atoms with Crippen LogP contribution in [0.2, 0.25) is 5.02 Å². The van der Waals surface area contributed by atoms with E-state index >= 15 is 0 Å². The van der Waals surface area contributed by atoms with E-state index in [2.05, 4.69) is 25.2 Å². The summed E-state index contributed by atoms with van der Waals surface area (Å²) < 4.78 is 49.6. The van der Waals surface area contributed by atoms with Gasteiger partial charge in [0.1, 0.15) is 0 Å². The van der Waals surface area contributed by atoms with Crippen molar-refractivity contribution >= 4 is 56.9 Å². The quantitative estimate of drug-likeness (QED) is 0.217. The number of hydrogen-bond acceptors (Lipinski definition) is 8. The molecular formula is C36H36ClF3N8O4. The number of carbonyl (C=O) groups excluding carboxylic acids is 2. The lowest BCUT2D eigenvalue weighted by Gasteiger charge is -2.38. The second kappa shape index (κ2) is 14.4. The average molecular weight is 737 g/mol. The fourth-order valence-electron chi connectivity index (χ4n) is 7.18. The van der Waals surface area contributed by atoms with Gasteiger partial charge in [0.15, 0.2) is 6.10 Å². The van der Waals surface area contributed by atoms with E-state index < -0.39 is 29.8 Å². The summed E-state index contributed by atoms with van der Waals surface area (Å²) in [5.41, 5.74) is 1.62. The summed E-state index contributed by atoms with van der Waals surface area (Å²) in [6.07, 6.45) is -1.32. The van der Waals surface area contributed by atoms with Crippen molar-refractivity contribution in [2.24, 2.45) is 0 Å². The minimum absolute atomic E-state index is 0.0939. The van der Waals surface area contributed by atoms with Crippen LogP contribution in [-0.2, 0) is 22.1 Å². The molecule has 0 spiro atoms. The fourth-order valence-corrected chi connectivity index (χ4v) is 7.52. The van der Waals surface area contributed by atoms with Gasteiger partial charge in [0.25, 0.3) is 5.91 Å². The number of alkyl halides is 3. The minimum atomic E-state index is -4.72. The lowest BCUT2D eigenvalue weighted by Crippen LogP contribution is -2.53. The molecule has 1 atom stereocenters. The molecule has 5 heterocycles. The molecule has 2 aliphatic heterocycles. The summed E-state index contributed by atoms with van der Waals surface area (Å²) in [6.45, 7) is 2.10. The number of piperidine rings is 1. The Hall–Kier alpha value is -5.31. The number of anilines is 2. The number of rotatable bonds is 7. The molecule has 5 aromatic rings. The average Bonchev–Trinajstić information content (AvgIpc) is 3.50. The number of pyridine rings is 2. The molecule has 2 N–H and O–H groups in total. The highest BCUT2D eigenvalue weighted by molar-refractivity contribution is 6.33. The van der Waals surface area contributed by atoms with Crippen molar-refractivity contribution in [3.05, 3.63) is 93.8 Å². The molecule has 12 nitrogen and oxygen atoms in total. The standard InChI is InChI=1S/C36H36ClF3N8O4/c1-41-32-26(36(38,39)40)18-22(19-27(32)37)20-30(33(49)46-16-14-45(15-17-46)23-6-10-42-11-7-23)52-35(51)47-12-8-24(9-13-47)48-29-21-43-28-5-3-2-4-25(28)31(29)44-34(48)50/h2-7,10-11,18-19,21,24,30,41H,8-9,12-17,20H2,1H3,(H,44,50)/t30-/m1/s1. The van der Waals surface area contributed by atoms with Crippen molar-refractivity contribution in [3.63, 3.8) is 0 Å². The second-order valence-electron chi connectivity index (χ2n) is 12.9. The summed E-state index contributed by atoms with van der Waals surface area (Å²) in [5.74, 6) is -0.509. The van der Waals surface area contributed by atoms with E-state index in [0.717, 1.165) is 22.7 Å². The van der Waals surface area contributed by atoms with Gasteiger partial charge in [0, 0.05) is 82.2 Å². The van der Waals surface area contributed by atoms with Gasteiger partial charge in [-0.05, 0) is 48.7 Å². The number of piperazine rings is 1. The van der Waals surface area contributed by atoms with Gasteiger partial charge in [-0.1, -0.05) is 29.8 Å². The van der Waals surface area contributed by atoms with Crippen LogP contribution in [-0.4, -0.2) is 93.7 Å². The van der Waals surface area contributed by atoms with E-state index in [0.29, 0.717) is 50.1 Å². The van der Waals surface area contributed by atoms with Crippen LogP contribution >= 0.6 is 11.6 Å². The first-order chi connectivity index (χ1) is 25.0. The molecule has 3 aromatic heterocycles. The number of nitrogens with one attached hydrogen (secondary N) is 2. The van der Waals surface area contributed by atoms with Crippen LogP contribution in [0.1, 0.15) is 30.0 Å². The summed E-state index contributed by atoms with van der Waals surface area (Å²) in [7, 11) is 1.34. The number of carbonyl (C=O) groups is 2. The van der Waals surface area contributed by atoms with E-state index in [1.807, 2.05) is 36.4 Å². The van der Waals surface area contributed by atoms with E-state index in [9.17, 15) is 27.6 Å². The zero-order chi connectivity index (χ0) is 36.6. The van der Waals surface area contributed by atoms with E-state index in [-0.39, 0.29) is 47.5 Å². The molecule has 2 aliphatic rings. The van der Waals surface area contributed by atoms with Gasteiger partial charge in [-0.3, -0.25) is 19.3 Å². The van der Waals surface area contributed by atoms with Crippen molar-refractivity contribution in [2.75, 3.05) is 56.5 Å². The molecule has 2 fully saturated rings. The normalized spacial score (nSPS) is 16.4. The summed E-state index contributed by atoms with van der Waals surface area (Å²) in [5, 5.41) is 3.16. The van der Waals surface area contributed by atoms with Crippen molar-refractivity contribution in [1.82, 2.24) is 29.3 Å². The number of aromatic amines is 1. The topological polar surface area (TPSA) is 129 Å². The molecule has 0 aliphatic carbocycles. The van der Waals surface area contributed by atoms with Gasteiger partial charge < -0.3 is 29.7 Å². The predicted octanol–water partition coefficient (Wildman–Crippen LogP) is 5.72. The number of ether oxygens (including phenoxy) is 1. The number of benzene rings is 2. The third kappa shape index (κ3) is 6.96. The Kier molecular flexibility index (Phi) is 9.70. The first-order valence-electron chi connectivity index (χ1n) is 17.0. The van der Waals surface area contributed by atoms with Crippen molar-refractivity contribution in [1.29, 1.82) is 0 Å². The zero-order valence-electron chi connectivity index (χ0n) is 28.2. The zero-order valence-corrected chi connectivity index (χ0v) is 29.0. The third-order valence-corrected chi connectivity index (χ3v) is 10.1. The number of aromatic nitrogens is 4. The number of H-pyrrole nitrogens is 1. The minimum Gasteiger partial charge on any atom is -0.436 e. The van der Waals surface area contributed by atoms with E-state index in [4.69, 9.17) is 16.3 Å².